The number of halogens is 2. The van der Waals surface area contributed by atoms with Crippen LogP contribution in [0.4, 0.5) is 0 Å². The highest BCUT2D eigenvalue weighted by atomic mass is 35.5. The van der Waals surface area contributed by atoms with E-state index in [1.165, 1.54) is 4.42 Å². The fourth-order valence-corrected chi connectivity index (χ4v) is 1.53. The second kappa shape index (κ2) is 2.52. The summed E-state index contributed by atoms with van der Waals surface area (Å²) in [5, 5.41) is 0.568. The van der Waals surface area contributed by atoms with E-state index in [0.717, 1.165) is 5.84 Å². The van der Waals surface area contributed by atoms with Crippen molar-refractivity contribution in [3.63, 3.8) is 0 Å². The minimum absolute atomic E-state index is 0.568. The Bertz CT molecular complexity index is 269. The van der Waals surface area contributed by atoms with E-state index in [1.54, 1.807) is 23.5 Å². The zero-order chi connectivity index (χ0) is 7.84. The predicted molar refractivity (Wildman–Crippen MR) is 45.2 cm³/mol. The van der Waals surface area contributed by atoms with Crippen molar-refractivity contribution in [3.8, 4) is 0 Å². The van der Waals surface area contributed by atoms with E-state index in [9.17, 15) is 0 Å². The number of fused-ring (bicyclic) bond motifs is 1. The number of hydrogen-bond donors (Lipinski definition) is 0. The summed E-state index contributed by atoms with van der Waals surface area (Å²) < 4.78 is 1.48. The van der Waals surface area contributed by atoms with Gasteiger partial charge in [0.1, 0.15) is 6.54 Å². The maximum atomic E-state index is 5.84. The molecule has 0 aromatic carbocycles. The normalized spacial score (nSPS) is 23.3. The Morgan fingerprint density at radius 3 is 3.27 bits per heavy atom. The molecule has 3 nitrogen and oxygen atoms in total. The molecule has 2 aliphatic rings. The molecule has 0 aliphatic carbocycles. The van der Waals surface area contributed by atoms with E-state index in [0.29, 0.717) is 11.7 Å². The first-order chi connectivity index (χ1) is 5.27. The molecule has 0 amide bonds. The standard InChI is InChI=1S/C6H5Cl2N3/c7-5-3-10(8)4-6-9-1-2-11(5)6/h1-3H,4H2/q+1. The van der Waals surface area contributed by atoms with E-state index in [-0.39, 0.29) is 0 Å². The van der Waals surface area contributed by atoms with Crippen molar-refractivity contribution in [1.29, 1.82) is 0 Å². The number of nitrogens with zero attached hydrogens (tertiary/aromatic N) is 3. The molecule has 1 radical (unpaired) electrons. The van der Waals surface area contributed by atoms with E-state index in [2.05, 4.69) is 4.99 Å². The molecule has 57 valence electrons. The van der Waals surface area contributed by atoms with Crippen LogP contribution in [0.5, 0.6) is 0 Å². The van der Waals surface area contributed by atoms with Crippen LogP contribution in [-0.4, -0.2) is 16.8 Å². The molecular formula is C6H5Cl2N3+. The molecule has 0 aromatic heterocycles. The lowest BCUT2D eigenvalue weighted by atomic mass is 10.4. The SMILES string of the molecule is ClC1=CN(Cl)CC2=NC=C[N+]12. The van der Waals surface area contributed by atoms with Crippen molar-refractivity contribution in [2.75, 3.05) is 6.54 Å². The Hall–Kier alpha value is -0.510. The molecular weight excluding hydrogens is 185 g/mol. The van der Waals surface area contributed by atoms with Gasteiger partial charge in [-0.2, -0.15) is 4.99 Å². The highest BCUT2D eigenvalue weighted by Gasteiger charge is 2.34. The minimum atomic E-state index is 0.568. The summed E-state index contributed by atoms with van der Waals surface area (Å²) in [6.45, 7) is 0.588. The molecule has 0 saturated heterocycles. The second-order valence-electron chi connectivity index (χ2n) is 2.22. The van der Waals surface area contributed by atoms with Crippen molar-refractivity contribution in [2.45, 2.75) is 0 Å². The zero-order valence-corrected chi connectivity index (χ0v) is 7.05. The van der Waals surface area contributed by atoms with Gasteiger partial charge in [0, 0.05) is 11.8 Å². The lowest BCUT2D eigenvalue weighted by Gasteiger charge is -2.15. The fourth-order valence-electron chi connectivity index (χ4n) is 1.00. The highest BCUT2D eigenvalue weighted by Crippen LogP contribution is 2.19. The van der Waals surface area contributed by atoms with Gasteiger partial charge in [-0.1, -0.05) is 0 Å². The quantitative estimate of drug-likeness (QED) is 0.322. The summed E-state index contributed by atoms with van der Waals surface area (Å²) >= 11 is 11.6. The molecule has 11 heavy (non-hydrogen) atoms. The lowest BCUT2D eigenvalue weighted by molar-refractivity contribution is 0.635. The third-order valence-corrected chi connectivity index (χ3v) is 1.98. The van der Waals surface area contributed by atoms with Crippen molar-refractivity contribution >= 4 is 29.2 Å². The maximum Gasteiger partial charge on any atom is 0.284 e. The molecule has 2 rings (SSSR count). The van der Waals surface area contributed by atoms with Crippen molar-refractivity contribution in [2.24, 2.45) is 4.99 Å². The van der Waals surface area contributed by atoms with Crippen LogP contribution in [0.3, 0.4) is 0 Å². The van der Waals surface area contributed by atoms with Gasteiger partial charge >= 0.3 is 0 Å². The maximum absolute atomic E-state index is 5.84. The Morgan fingerprint density at radius 2 is 2.45 bits per heavy atom. The van der Waals surface area contributed by atoms with Gasteiger partial charge in [-0.25, -0.2) is 0 Å². The summed E-state index contributed by atoms with van der Waals surface area (Å²) in [7, 11) is 0. The largest absolute Gasteiger partial charge is 0.284 e. The Labute approximate surface area is 74.3 Å². The van der Waals surface area contributed by atoms with Gasteiger partial charge in [0.2, 0.25) is 0 Å². The van der Waals surface area contributed by atoms with Crippen LogP contribution >= 0.6 is 23.4 Å². The molecule has 0 atom stereocenters. The molecule has 0 bridgehead atoms. The first-order valence-corrected chi connectivity index (χ1v) is 3.81. The molecule has 0 aromatic rings. The fraction of sp³-hybridized carbons (Fsp3) is 0.167. The summed E-state index contributed by atoms with van der Waals surface area (Å²) in [6, 6.07) is 0. The smallest absolute Gasteiger partial charge is 0.273 e. The van der Waals surface area contributed by atoms with E-state index in [4.69, 9.17) is 23.4 Å². The van der Waals surface area contributed by atoms with Gasteiger partial charge < -0.3 is 0 Å². The number of amidine groups is 1. The summed E-state index contributed by atoms with van der Waals surface area (Å²) in [6.07, 6.45) is 5.15. The van der Waals surface area contributed by atoms with Gasteiger partial charge in [0.15, 0.2) is 6.20 Å². The van der Waals surface area contributed by atoms with Crippen LogP contribution in [-0.2, 0) is 0 Å². The monoisotopic (exact) mass is 189 g/mol. The highest BCUT2D eigenvalue weighted by molar-refractivity contribution is 6.32. The van der Waals surface area contributed by atoms with E-state index >= 15 is 0 Å². The molecule has 0 unspecified atom stereocenters. The zero-order valence-electron chi connectivity index (χ0n) is 5.54. The summed E-state index contributed by atoms with van der Waals surface area (Å²) in [5.41, 5.74) is 0. The van der Waals surface area contributed by atoms with Crippen molar-refractivity contribution in [1.82, 2.24) is 9.32 Å². The third-order valence-electron chi connectivity index (χ3n) is 1.49. The molecule has 5 heteroatoms. The van der Waals surface area contributed by atoms with Crippen molar-refractivity contribution < 1.29 is 0 Å². The first kappa shape index (κ1) is 7.16. The van der Waals surface area contributed by atoms with Gasteiger partial charge in [0.05, 0.1) is 12.4 Å². The predicted octanol–water partition coefficient (Wildman–Crippen LogP) is 1.52. The molecule has 2 aliphatic heterocycles. The van der Waals surface area contributed by atoms with Gasteiger partial charge in [-0.05, 0) is 16.5 Å². The summed E-state index contributed by atoms with van der Waals surface area (Å²) in [4.78, 5) is 5.86. The van der Waals surface area contributed by atoms with Crippen LogP contribution in [0.15, 0.2) is 28.7 Å². The molecule has 0 saturated carbocycles. The average Bonchev–Trinajstić information content (AvgIpc) is 2.34. The van der Waals surface area contributed by atoms with Gasteiger partial charge in [-0.15, -0.1) is 0 Å². The summed E-state index contributed by atoms with van der Waals surface area (Å²) in [5.74, 6) is 0.854. The topological polar surface area (TPSA) is 21.5 Å². The van der Waals surface area contributed by atoms with Crippen LogP contribution in [0, 0.1) is 0 Å². The molecule has 2 heterocycles. The minimum Gasteiger partial charge on any atom is -0.273 e. The van der Waals surface area contributed by atoms with Crippen LogP contribution in [0.25, 0.3) is 0 Å². The second-order valence-corrected chi connectivity index (χ2v) is 3.04. The lowest BCUT2D eigenvalue weighted by Crippen LogP contribution is -2.37. The van der Waals surface area contributed by atoms with E-state index < -0.39 is 0 Å². The molecule has 0 N–H and O–H groups in total. The third kappa shape index (κ3) is 1.15. The number of hydrogen-bond acceptors (Lipinski definition) is 3. The first-order valence-electron chi connectivity index (χ1n) is 3.10. The van der Waals surface area contributed by atoms with Crippen LogP contribution in [0.1, 0.15) is 0 Å². The molecule has 0 spiro atoms. The van der Waals surface area contributed by atoms with E-state index in [1.807, 2.05) is 0 Å². The molecule has 0 fully saturated rings. The van der Waals surface area contributed by atoms with Gasteiger partial charge in [0.25, 0.3) is 11.0 Å². The van der Waals surface area contributed by atoms with Crippen molar-refractivity contribution in [3.05, 3.63) is 23.8 Å². The average molecular weight is 190 g/mol. The van der Waals surface area contributed by atoms with Crippen LogP contribution in [0.2, 0.25) is 0 Å². The van der Waals surface area contributed by atoms with Crippen LogP contribution < -0.4 is 4.90 Å². The Morgan fingerprint density at radius 1 is 1.64 bits per heavy atom. The Kier molecular flexibility index (Phi) is 1.64. The number of aliphatic imine (C=N–C) groups is 1. The number of rotatable bonds is 0. The van der Waals surface area contributed by atoms with Gasteiger partial charge in [-0.3, -0.25) is 4.42 Å². The Balaban J connectivity index is 2.34.